The number of aromatic nitrogens is 4. The van der Waals surface area contributed by atoms with Crippen LogP contribution in [0.15, 0.2) is 30.7 Å². The maximum atomic E-state index is 11.8. The van der Waals surface area contributed by atoms with Crippen LogP contribution in [0, 0.1) is 5.92 Å². The van der Waals surface area contributed by atoms with E-state index in [4.69, 9.17) is 0 Å². The number of aliphatic hydroxyl groups excluding tert-OH is 2. The van der Waals surface area contributed by atoms with Crippen molar-refractivity contribution in [3.05, 3.63) is 30.7 Å². The van der Waals surface area contributed by atoms with Gasteiger partial charge < -0.3 is 20.8 Å². The van der Waals surface area contributed by atoms with E-state index in [2.05, 4.69) is 25.9 Å². The van der Waals surface area contributed by atoms with Crippen LogP contribution in [-0.4, -0.2) is 61.0 Å². The number of amides is 2. The minimum Gasteiger partial charge on any atom is -0.390 e. The van der Waals surface area contributed by atoms with E-state index in [1.165, 1.54) is 0 Å². The number of hydrogen-bond donors (Lipinski definition) is 4. The third-order valence-electron chi connectivity index (χ3n) is 4.57. The van der Waals surface area contributed by atoms with Crippen LogP contribution in [0.3, 0.4) is 0 Å². The smallest absolute Gasteiger partial charge is 0.315 e. The fraction of sp³-hybridized carbons (Fsp3) is 0.529. The lowest BCUT2D eigenvalue weighted by atomic mass is 10.1. The van der Waals surface area contributed by atoms with Gasteiger partial charge in [0.1, 0.15) is 11.8 Å². The molecule has 1 aliphatic rings. The Morgan fingerprint density at radius 2 is 2.23 bits per heavy atom. The van der Waals surface area contributed by atoms with Crippen molar-refractivity contribution >= 4 is 6.03 Å². The summed E-state index contributed by atoms with van der Waals surface area (Å²) in [5, 5.41) is 34.2. The third-order valence-corrected chi connectivity index (χ3v) is 4.57. The summed E-state index contributed by atoms with van der Waals surface area (Å²) >= 11 is 0. The molecule has 3 rings (SSSR count). The summed E-state index contributed by atoms with van der Waals surface area (Å²) in [4.78, 5) is 15.8. The fourth-order valence-corrected chi connectivity index (χ4v) is 3.18. The van der Waals surface area contributed by atoms with Crippen molar-refractivity contribution in [3.63, 3.8) is 0 Å². The topological polar surface area (TPSA) is 125 Å². The first-order valence-corrected chi connectivity index (χ1v) is 8.79. The summed E-state index contributed by atoms with van der Waals surface area (Å²) in [6, 6.07) is 2.90. The molecular weight excluding hydrogens is 336 g/mol. The SMILES string of the molecule is CCCNC(=O)NC1CC(Cn2cc(-c3cccnc3)nn2)C(O)C1O. The first-order valence-electron chi connectivity index (χ1n) is 8.79. The highest BCUT2D eigenvalue weighted by Gasteiger charge is 2.42. The first-order chi connectivity index (χ1) is 12.6. The molecule has 2 amide bonds. The average Bonchev–Trinajstić information content (AvgIpc) is 3.22. The maximum Gasteiger partial charge on any atom is 0.315 e. The van der Waals surface area contributed by atoms with Gasteiger partial charge in [0.15, 0.2) is 0 Å². The number of pyridine rings is 1. The Labute approximate surface area is 151 Å². The van der Waals surface area contributed by atoms with Crippen molar-refractivity contribution in [1.29, 1.82) is 0 Å². The lowest BCUT2D eigenvalue weighted by Gasteiger charge is -2.18. The lowest BCUT2D eigenvalue weighted by Crippen LogP contribution is -2.47. The zero-order valence-corrected chi connectivity index (χ0v) is 14.6. The van der Waals surface area contributed by atoms with Gasteiger partial charge in [-0.3, -0.25) is 9.67 Å². The molecule has 140 valence electrons. The first kappa shape index (κ1) is 18.3. The van der Waals surface area contributed by atoms with Crippen LogP contribution in [0.2, 0.25) is 0 Å². The molecule has 0 aliphatic heterocycles. The second kappa shape index (κ2) is 8.24. The van der Waals surface area contributed by atoms with Crippen molar-refractivity contribution in [2.75, 3.05) is 6.54 Å². The molecule has 4 unspecified atom stereocenters. The second-order valence-electron chi connectivity index (χ2n) is 6.55. The molecule has 2 aromatic heterocycles. The van der Waals surface area contributed by atoms with E-state index < -0.39 is 18.2 Å². The van der Waals surface area contributed by atoms with Gasteiger partial charge in [-0.1, -0.05) is 12.1 Å². The summed E-state index contributed by atoms with van der Waals surface area (Å²) in [6.45, 7) is 2.93. The molecule has 0 spiro atoms. The van der Waals surface area contributed by atoms with Gasteiger partial charge in [-0.05, 0) is 25.0 Å². The van der Waals surface area contributed by atoms with Gasteiger partial charge in [-0.2, -0.15) is 0 Å². The van der Waals surface area contributed by atoms with E-state index in [0.29, 0.717) is 25.2 Å². The molecular formula is C17H24N6O3. The molecule has 26 heavy (non-hydrogen) atoms. The highest BCUT2D eigenvalue weighted by Crippen LogP contribution is 2.28. The number of nitrogens with one attached hydrogen (secondary N) is 2. The Hall–Kier alpha value is -2.52. The summed E-state index contributed by atoms with van der Waals surface area (Å²) in [5.74, 6) is -0.232. The number of urea groups is 1. The minimum absolute atomic E-state index is 0.232. The predicted molar refractivity (Wildman–Crippen MR) is 94.0 cm³/mol. The molecule has 0 saturated heterocycles. The molecule has 1 fully saturated rings. The Morgan fingerprint density at radius 3 is 2.96 bits per heavy atom. The monoisotopic (exact) mass is 360 g/mol. The molecule has 9 heteroatoms. The third kappa shape index (κ3) is 4.17. The largest absolute Gasteiger partial charge is 0.390 e. The van der Waals surface area contributed by atoms with Crippen LogP contribution in [0.5, 0.6) is 0 Å². The number of aliphatic hydroxyl groups is 2. The Kier molecular flexibility index (Phi) is 5.79. The number of hydrogen-bond acceptors (Lipinski definition) is 6. The van der Waals surface area contributed by atoms with Crippen LogP contribution in [0.4, 0.5) is 4.79 Å². The summed E-state index contributed by atoms with van der Waals surface area (Å²) < 4.78 is 1.64. The van der Waals surface area contributed by atoms with Crippen LogP contribution < -0.4 is 10.6 Å². The molecule has 2 heterocycles. The van der Waals surface area contributed by atoms with Gasteiger partial charge in [-0.25, -0.2) is 4.79 Å². The van der Waals surface area contributed by atoms with E-state index in [9.17, 15) is 15.0 Å². The van der Waals surface area contributed by atoms with Crippen LogP contribution in [-0.2, 0) is 6.54 Å². The lowest BCUT2D eigenvalue weighted by molar-refractivity contribution is 0.00860. The molecule has 0 bridgehead atoms. The molecule has 0 aromatic carbocycles. The Morgan fingerprint density at radius 1 is 1.38 bits per heavy atom. The molecule has 9 nitrogen and oxygen atoms in total. The zero-order valence-electron chi connectivity index (χ0n) is 14.6. The molecule has 1 saturated carbocycles. The summed E-state index contributed by atoms with van der Waals surface area (Å²) in [7, 11) is 0. The zero-order chi connectivity index (χ0) is 18.5. The van der Waals surface area contributed by atoms with Crippen molar-refractivity contribution in [3.8, 4) is 11.3 Å². The minimum atomic E-state index is -1.01. The average molecular weight is 360 g/mol. The van der Waals surface area contributed by atoms with E-state index in [1.807, 2.05) is 19.1 Å². The van der Waals surface area contributed by atoms with Crippen molar-refractivity contribution < 1.29 is 15.0 Å². The highest BCUT2D eigenvalue weighted by atomic mass is 16.3. The van der Waals surface area contributed by atoms with E-state index in [-0.39, 0.29) is 11.9 Å². The quantitative estimate of drug-likeness (QED) is 0.581. The van der Waals surface area contributed by atoms with E-state index in [0.717, 1.165) is 12.0 Å². The van der Waals surface area contributed by atoms with Crippen LogP contribution in [0.25, 0.3) is 11.3 Å². The van der Waals surface area contributed by atoms with Gasteiger partial charge in [0.25, 0.3) is 0 Å². The number of carbonyl (C=O) groups is 1. The van der Waals surface area contributed by atoms with Gasteiger partial charge >= 0.3 is 6.03 Å². The molecule has 4 atom stereocenters. The van der Waals surface area contributed by atoms with Gasteiger partial charge in [-0.15, -0.1) is 5.10 Å². The standard InChI is InChI=1S/C17H24N6O3/c1-2-5-19-17(26)20-13-7-12(15(24)16(13)25)9-23-10-14(21-22-23)11-4-3-6-18-8-11/h3-4,6,8,10,12-13,15-16,24-25H,2,5,7,9H2,1H3,(H2,19,20,26). The van der Waals surface area contributed by atoms with Crippen molar-refractivity contribution in [1.82, 2.24) is 30.6 Å². The number of nitrogens with zero attached hydrogens (tertiary/aromatic N) is 4. The molecule has 1 aliphatic carbocycles. The number of carbonyl (C=O) groups excluding carboxylic acids is 1. The van der Waals surface area contributed by atoms with E-state index >= 15 is 0 Å². The molecule has 4 N–H and O–H groups in total. The Balaban J connectivity index is 1.60. The molecule has 2 aromatic rings. The normalized spacial score (nSPS) is 25.2. The van der Waals surface area contributed by atoms with Gasteiger partial charge in [0.05, 0.1) is 18.3 Å². The summed E-state index contributed by atoms with van der Waals surface area (Å²) in [6.07, 6.45) is 4.53. The second-order valence-corrected chi connectivity index (χ2v) is 6.55. The van der Waals surface area contributed by atoms with Crippen molar-refractivity contribution in [2.24, 2.45) is 5.92 Å². The predicted octanol–water partition coefficient (Wildman–Crippen LogP) is 0.160. The van der Waals surface area contributed by atoms with Gasteiger partial charge in [0, 0.05) is 37.0 Å². The maximum absolute atomic E-state index is 11.8. The highest BCUT2D eigenvalue weighted by molar-refractivity contribution is 5.74. The van der Waals surface area contributed by atoms with Crippen molar-refractivity contribution in [2.45, 2.75) is 44.6 Å². The van der Waals surface area contributed by atoms with E-state index in [1.54, 1.807) is 23.3 Å². The van der Waals surface area contributed by atoms with Crippen LogP contribution in [0.1, 0.15) is 19.8 Å². The van der Waals surface area contributed by atoms with Gasteiger partial charge in [0.2, 0.25) is 0 Å². The molecule has 0 radical (unpaired) electrons. The van der Waals surface area contributed by atoms with Crippen LogP contribution >= 0.6 is 0 Å². The summed E-state index contributed by atoms with van der Waals surface area (Å²) in [5.41, 5.74) is 1.55. The Bertz CT molecular complexity index is 722. The number of rotatable bonds is 6. The fourth-order valence-electron chi connectivity index (χ4n) is 3.18.